The van der Waals surface area contributed by atoms with Crippen LogP contribution in [0, 0.1) is 6.92 Å². The van der Waals surface area contributed by atoms with Crippen molar-refractivity contribution in [2.24, 2.45) is 0 Å². The molecular weight excluding hydrogens is 374 g/mol. The number of aryl methyl sites for hydroxylation is 1. The maximum atomic E-state index is 12.8. The maximum absolute atomic E-state index is 12.8. The van der Waals surface area contributed by atoms with Crippen molar-refractivity contribution in [2.45, 2.75) is 25.5 Å². The normalized spacial score (nSPS) is 18.6. The second-order valence-electron chi connectivity index (χ2n) is 7.45. The molecule has 150 valence electrons. The standard InChI is InChI=1S/C20H27N5O2S/c1-17-21-19(23-9-5-6-10-23)15-20(22-17)24-11-13-25(14-12-24)28(26,27)16-18-7-3-2-4-8-18/h2-4,7-8,15H,5-6,9-14,16H2,1H3. The van der Waals surface area contributed by atoms with Crippen LogP contribution in [0.3, 0.4) is 0 Å². The van der Waals surface area contributed by atoms with Gasteiger partial charge in [-0.2, -0.15) is 4.31 Å². The summed E-state index contributed by atoms with van der Waals surface area (Å²) in [5.41, 5.74) is 0.826. The highest BCUT2D eigenvalue weighted by Crippen LogP contribution is 2.24. The van der Waals surface area contributed by atoms with Gasteiger partial charge in [-0.25, -0.2) is 18.4 Å². The summed E-state index contributed by atoms with van der Waals surface area (Å²) in [7, 11) is -3.31. The van der Waals surface area contributed by atoms with Gasteiger partial charge < -0.3 is 9.80 Å². The fourth-order valence-corrected chi connectivity index (χ4v) is 5.39. The van der Waals surface area contributed by atoms with Crippen molar-refractivity contribution in [2.75, 3.05) is 49.1 Å². The Hall–Kier alpha value is -2.19. The molecule has 0 unspecified atom stereocenters. The van der Waals surface area contributed by atoms with E-state index in [2.05, 4.69) is 19.8 Å². The van der Waals surface area contributed by atoms with Gasteiger partial charge in [-0.1, -0.05) is 30.3 Å². The van der Waals surface area contributed by atoms with Crippen molar-refractivity contribution in [1.82, 2.24) is 14.3 Å². The van der Waals surface area contributed by atoms with Gasteiger partial charge in [0.1, 0.15) is 17.5 Å². The third-order valence-electron chi connectivity index (χ3n) is 5.39. The van der Waals surface area contributed by atoms with Crippen LogP contribution in [0.4, 0.5) is 11.6 Å². The van der Waals surface area contributed by atoms with E-state index in [1.165, 1.54) is 12.8 Å². The van der Waals surface area contributed by atoms with Crippen LogP contribution in [0.15, 0.2) is 36.4 Å². The van der Waals surface area contributed by atoms with E-state index in [0.29, 0.717) is 26.2 Å². The smallest absolute Gasteiger partial charge is 0.218 e. The van der Waals surface area contributed by atoms with E-state index in [4.69, 9.17) is 0 Å². The second-order valence-corrected chi connectivity index (χ2v) is 9.42. The van der Waals surface area contributed by atoms with Crippen LogP contribution < -0.4 is 9.80 Å². The van der Waals surface area contributed by atoms with Gasteiger partial charge in [0.25, 0.3) is 0 Å². The molecule has 7 nitrogen and oxygen atoms in total. The van der Waals surface area contributed by atoms with Crippen LogP contribution in [0.25, 0.3) is 0 Å². The molecule has 0 aliphatic carbocycles. The van der Waals surface area contributed by atoms with Crippen molar-refractivity contribution in [1.29, 1.82) is 0 Å². The van der Waals surface area contributed by atoms with E-state index in [9.17, 15) is 8.42 Å². The lowest BCUT2D eigenvalue weighted by Crippen LogP contribution is -2.49. The molecule has 0 amide bonds. The topological polar surface area (TPSA) is 69.6 Å². The van der Waals surface area contributed by atoms with Gasteiger partial charge in [0.2, 0.25) is 10.0 Å². The van der Waals surface area contributed by atoms with E-state index in [0.717, 1.165) is 36.1 Å². The molecule has 2 aliphatic rings. The molecule has 1 aromatic carbocycles. The molecule has 0 radical (unpaired) electrons. The molecule has 0 saturated carbocycles. The summed E-state index contributed by atoms with van der Waals surface area (Å²) in [4.78, 5) is 13.7. The number of piperazine rings is 1. The maximum Gasteiger partial charge on any atom is 0.218 e. The average Bonchev–Trinajstić information content (AvgIpc) is 3.23. The zero-order valence-corrected chi connectivity index (χ0v) is 17.1. The van der Waals surface area contributed by atoms with Crippen LogP contribution in [-0.2, 0) is 15.8 Å². The van der Waals surface area contributed by atoms with Gasteiger partial charge in [0.15, 0.2) is 0 Å². The average molecular weight is 402 g/mol. The van der Waals surface area contributed by atoms with Gasteiger partial charge >= 0.3 is 0 Å². The number of benzene rings is 1. The minimum atomic E-state index is -3.31. The lowest BCUT2D eigenvalue weighted by Gasteiger charge is -2.35. The Morgan fingerprint density at radius 2 is 1.43 bits per heavy atom. The van der Waals surface area contributed by atoms with Crippen LogP contribution >= 0.6 is 0 Å². The van der Waals surface area contributed by atoms with Gasteiger partial charge in [-0.05, 0) is 25.3 Å². The van der Waals surface area contributed by atoms with E-state index in [1.54, 1.807) is 4.31 Å². The Bertz CT molecular complexity index is 905. The molecule has 0 bridgehead atoms. The fourth-order valence-electron chi connectivity index (χ4n) is 3.88. The molecule has 28 heavy (non-hydrogen) atoms. The number of aromatic nitrogens is 2. The Balaban J connectivity index is 1.42. The third kappa shape index (κ3) is 4.28. The molecule has 2 saturated heterocycles. The Labute approximate surface area is 167 Å². The fraction of sp³-hybridized carbons (Fsp3) is 0.500. The highest BCUT2D eigenvalue weighted by molar-refractivity contribution is 7.88. The van der Waals surface area contributed by atoms with Crippen molar-refractivity contribution in [3.63, 3.8) is 0 Å². The molecule has 3 heterocycles. The number of nitrogens with zero attached hydrogens (tertiary/aromatic N) is 5. The van der Waals surface area contributed by atoms with Gasteiger partial charge in [-0.3, -0.25) is 0 Å². The minimum absolute atomic E-state index is 0.0551. The first-order chi connectivity index (χ1) is 13.5. The van der Waals surface area contributed by atoms with Gasteiger partial charge in [-0.15, -0.1) is 0 Å². The van der Waals surface area contributed by atoms with Crippen molar-refractivity contribution < 1.29 is 8.42 Å². The molecular formula is C20H27N5O2S. The lowest BCUT2D eigenvalue weighted by atomic mass is 10.2. The summed E-state index contributed by atoms with van der Waals surface area (Å²) in [6, 6.07) is 11.4. The minimum Gasteiger partial charge on any atom is -0.356 e. The van der Waals surface area contributed by atoms with Crippen LogP contribution in [0.2, 0.25) is 0 Å². The molecule has 4 rings (SSSR count). The Kier molecular flexibility index (Phi) is 5.50. The zero-order valence-electron chi connectivity index (χ0n) is 16.3. The third-order valence-corrected chi connectivity index (χ3v) is 7.24. The van der Waals surface area contributed by atoms with Crippen LogP contribution in [-0.4, -0.2) is 62.0 Å². The highest BCUT2D eigenvalue weighted by Gasteiger charge is 2.28. The van der Waals surface area contributed by atoms with Gasteiger partial charge in [0.05, 0.1) is 5.75 Å². The molecule has 2 aliphatic heterocycles. The molecule has 0 spiro atoms. The summed E-state index contributed by atoms with van der Waals surface area (Å²) >= 11 is 0. The van der Waals surface area contributed by atoms with Crippen molar-refractivity contribution >= 4 is 21.7 Å². The molecule has 0 N–H and O–H groups in total. The molecule has 0 atom stereocenters. The first kappa shape index (κ1) is 19.1. The lowest BCUT2D eigenvalue weighted by molar-refractivity contribution is 0.383. The molecule has 2 fully saturated rings. The predicted octanol–water partition coefficient (Wildman–Crippen LogP) is 2.04. The monoisotopic (exact) mass is 401 g/mol. The molecule has 8 heteroatoms. The highest BCUT2D eigenvalue weighted by atomic mass is 32.2. The Morgan fingerprint density at radius 1 is 0.857 bits per heavy atom. The van der Waals surface area contributed by atoms with Crippen LogP contribution in [0.5, 0.6) is 0 Å². The zero-order chi connectivity index (χ0) is 19.6. The second kappa shape index (κ2) is 8.05. The quantitative estimate of drug-likeness (QED) is 0.764. The number of hydrogen-bond acceptors (Lipinski definition) is 6. The number of sulfonamides is 1. The predicted molar refractivity (Wildman–Crippen MR) is 111 cm³/mol. The summed E-state index contributed by atoms with van der Waals surface area (Å²) < 4.78 is 27.1. The van der Waals surface area contributed by atoms with Gasteiger partial charge in [0, 0.05) is 45.3 Å². The summed E-state index contributed by atoms with van der Waals surface area (Å²) in [5.74, 6) is 2.70. The van der Waals surface area contributed by atoms with Crippen molar-refractivity contribution in [3.8, 4) is 0 Å². The summed E-state index contributed by atoms with van der Waals surface area (Å²) in [6.07, 6.45) is 2.41. The number of anilines is 2. The van der Waals surface area contributed by atoms with E-state index >= 15 is 0 Å². The SMILES string of the molecule is Cc1nc(N2CCCC2)cc(N2CCN(S(=O)(=O)Cc3ccccc3)CC2)n1. The summed E-state index contributed by atoms with van der Waals surface area (Å²) in [5, 5.41) is 0. The largest absolute Gasteiger partial charge is 0.356 e. The Morgan fingerprint density at radius 3 is 2.04 bits per heavy atom. The first-order valence-corrected chi connectivity index (χ1v) is 11.5. The summed E-state index contributed by atoms with van der Waals surface area (Å²) in [6.45, 7) is 6.26. The first-order valence-electron chi connectivity index (χ1n) is 9.89. The number of hydrogen-bond donors (Lipinski definition) is 0. The van der Waals surface area contributed by atoms with E-state index in [-0.39, 0.29) is 5.75 Å². The van der Waals surface area contributed by atoms with Crippen LogP contribution in [0.1, 0.15) is 24.2 Å². The molecule has 2 aromatic rings. The molecule has 1 aromatic heterocycles. The van der Waals surface area contributed by atoms with E-state index < -0.39 is 10.0 Å². The van der Waals surface area contributed by atoms with Crippen molar-refractivity contribution in [3.05, 3.63) is 47.8 Å². The van der Waals surface area contributed by atoms with E-state index in [1.807, 2.05) is 43.3 Å². The number of rotatable bonds is 5.